The lowest BCUT2D eigenvalue weighted by Crippen LogP contribution is -2.49. The molecule has 0 atom stereocenters. The summed E-state index contributed by atoms with van der Waals surface area (Å²) in [6, 6.07) is 12.4. The number of amides is 1. The third-order valence-electron chi connectivity index (χ3n) is 6.54. The van der Waals surface area contributed by atoms with Gasteiger partial charge in [0.15, 0.2) is 0 Å². The maximum absolute atomic E-state index is 13.2. The molecular weight excluding hydrogens is 454 g/mol. The molecule has 2 fully saturated rings. The van der Waals surface area contributed by atoms with Crippen molar-refractivity contribution in [3.63, 3.8) is 0 Å². The smallest absolute Gasteiger partial charge is 0.254 e. The van der Waals surface area contributed by atoms with Crippen molar-refractivity contribution in [2.45, 2.75) is 24.7 Å². The van der Waals surface area contributed by atoms with E-state index in [2.05, 4.69) is 4.90 Å². The first kappa shape index (κ1) is 24.5. The molecule has 2 aliphatic heterocycles. The summed E-state index contributed by atoms with van der Waals surface area (Å²) < 4.78 is 38.4. The monoisotopic (exact) mass is 487 g/mol. The SMILES string of the molecule is COc1ccc(OCCN2CCN(C(=O)c3cc(S(=O)(=O)N4CCCC4)ccc3C)CC2)cc1. The molecule has 0 bridgehead atoms. The van der Waals surface area contributed by atoms with Gasteiger partial charge in [0, 0.05) is 51.4 Å². The van der Waals surface area contributed by atoms with Crippen LogP contribution in [0.3, 0.4) is 0 Å². The molecule has 8 nitrogen and oxygen atoms in total. The highest BCUT2D eigenvalue weighted by atomic mass is 32.2. The van der Waals surface area contributed by atoms with E-state index in [4.69, 9.17) is 9.47 Å². The number of piperazine rings is 1. The van der Waals surface area contributed by atoms with Gasteiger partial charge < -0.3 is 14.4 Å². The summed E-state index contributed by atoms with van der Waals surface area (Å²) >= 11 is 0. The molecule has 1 amide bonds. The summed E-state index contributed by atoms with van der Waals surface area (Å²) in [5.41, 5.74) is 1.26. The summed E-state index contributed by atoms with van der Waals surface area (Å²) in [6.07, 6.45) is 1.76. The fourth-order valence-corrected chi connectivity index (χ4v) is 5.92. The van der Waals surface area contributed by atoms with Crippen molar-refractivity contribution >= 4 is 15.9 Å². The van der Waals surface area contributed by atoms with E-state index in [-0.39, 0.29) is 10.8 Å². The highest BCUT2D eigenvalue weighted by Crippen LogP contribution is 2.24. The average Bonchev–Trinajstić information content (AvgIpc) is 3.41. The van der Waals surface area contributed by atoms with E-state index >= 15 is 0 Å². The van der Waals surface area contributed by atoms with Crippen LogP contribution in [0.2, 0.25) is 0 Å². The Morgan fingerprint density at radius 1 is 0.912 bits per heavy atom. The third kappa shape index (κ3) is 5.54. The number of carbonyl (C=O) groups excluding carboxylic acids is 1. The van der Waals surface area contributed by atoms with Crippen LogP contribution in [0.5, 0.6) is 11.5 Å². The first-order chi connectivity index (χ1) is 16.4. The minimum absolute atomic E-state index is 0.106. The van der Waals surface area contributed by atoms with Crippen molar-refractivity contribution in [3.8, 4) is 11.5 Å². The van der Waals surface area contributed by atoms with Gasteiger partial charge in [0.2, 0.25) is 10.0 Å². The molecule has 184 valence electrons. The number of benzene rings is 2. The number of aryl methyl sites for hydroxylation is 1. The highest BCUT2D eigenvalue weighted by Gasteiger charge is 2.29. The molecule has 2 aromatic carbocycles. The number of nitrogens with zero attached hydrogens (tertiary/aromatic N) is 3. The number of hydrogen-bond acceptors (Lipinski definition) is 6. The molecule has 4 rings (SSSR count). The second-order valence-corrected chi connectivity index (χ2v) is 10.7. The van der Waals surface area contributed by atoms with Crippen LogP contribution in [0.1, 0.15) is 28.8 Å². The van der Waals surface area contributed by atoms with Gasteiger partial charge in [0.25, 0.3) is 5.91 Å². The summed E-state index contributed by atoms with van der Waals surface area (Å²) in [7, 11) is -1.92. The minimum Gasteiger partial charge on any atom is -0.497 e. The van der Waals surface area contributed by atoms with Gasteiger partial charge in [-0.2, -0.15) is 4.31 Å². The van der Waals surface area contributed by atoms with Gasteiger partial charge in [-0.15, -0.1) is 0 Å². The summed E-state index contributed by atoms with van der Waals surface area (Å²) in [5, 5.41) is 0. The standard InChI is InChI=1S/C25H33N3O5S/c1-20-5-10-23(34(30,31)28-11-3-4-12-28)19-24(20)25(29)27-15-13-26(14-16-27)17-18-33-22-8-6-21(32-2)7-9-22/h5-10,19H,3-4,11-18H2,1-2H3. The Morgan fingerprint density at radius 2 is 1.56 bits per heavy atom. The van der Waals surface area contributed by atoms with E-state index in [0.29, 0.717) is 38.3 Å². The largest absolute Gasteiger partial charge is 0.497 e. The summed E-state index contributed by atoms with van der Waals surface area (Å²) in [6.45, 7) is 6.99. The van der Waals surface area contributed by atoms with Crippen molar-refractivity contribution in [3.05, 3.63) is 53.6 Å². The average molecular weight is 488 g/mol. The molecule has 2 heterocycles. The molecule has 2 aromatic rings. The molecule has 2 aliphatic rings. The normalized spacial score (nSPS) is 17.6. The Hall–Kier alpha value is -2.62. The molecule has 2 saturated heterocycles. The number of carbonyl (C=O) groups is 1. The lowest BCUT2D eigenvalue weighted by Gasteiger charge is -2.35. The maximum atomic E-state index is 13.2. The number of methoxy groups -OCH3 is 1. The van der Waals surface area contributed by atoms with Crippen molar-refractivity contribution < 1.29 is 22.7 Å². The Bertz CT molecular complexity index is 1090. The van der Waals surface area contributed by atoms with Crippen LogP contribution in [0.4, 0.5) is 0 Å². The third-order valence-corrected chi connectivity index (χ3v) is 8.43. The fourth-order valence-electron chi connectivity index (χ4n) is 4.38. The lowest BCUT2D eigenvalue weighted by molar-refractivity contribution is 0.0619. The van der Waals surface area contributed by atoms with Gasteiger partial charge in [-0.25, -0.2) is 8.42 Å². The van der Waals surface area contributed by atoms with Crippen LogP contribution in [-0.4, -0.2) is 88.0 Å². The Kier molecular flexibility index (Phi) is 7.75. The number of hydrogen-bond donors (Lipinski definition) is 0. The zero-order valence-corrected chi connectivity index (χ0v) is 20.7. The van der Waals surface area contributed by atoms with E-state index < -0.39 is 10.0 Å². The van der Waals surface area contributed by atoms with Crippen LogP contribution in [0, 0.1) is 6.92 Å². The van der Waals surface area contributed by atoms with E-state index in [1.54, 1.807) is 25.3 Å². The van der Waals surface area contributed by atoms with E-state index in [1.807, 2.05) is 36.1 Å². The molecule has 0 spiro atoms. The molecule has 0 aromatic heterocycles. The van der Waals surface area contributed by atoms with Crippen molar-refractivity contribution in [2.24, 2.45) is 0 Å². The first-order valence-corrected chi connectivity index (χ1v) is 13.2. The molecule has 0 N–H and O–H groups in total. The van der Waals surface area contributed by atoms with Gasteiger partial charge in [-0.3, -0.25) is 9.69 Å². The number of rotatable bonds is 8. The van der Waals surface area contributed by atoms with E-state index in [9.17, 15) is 13.2 Å². The van der Waals surface area contributed by atoms with Crippen molar-refractivity contribution in [1.29, 1.82) is 0 Å². The second-order valence-electron chi connectivity index (χ2n) is 8.75. The van der Waals surface area contributed by atoms with Gasteiger partial charge in [-0.05, 0) is 61.7 Å². The van der Waals surface area contributed by atoms with E-state index in [1.165, 1.54) is 4.31 Å². The van der Waals surface area contributed by atoms with Crippen molar-refractivity contribution in [2.75, 3.05) is 59.5 Å². The molecule has 0 saturated carbocycles. The first-order valence-electron chi connectivity index (χ1n) is 11.8. The predicted molar refractivity (Wildman–Crippen MR) is 130 cm³/mol. The van der Waals surface area contributed by atoms with Crippen LogP contribution in [0.25, 0.3) is 0 Å². The van der Waals surface area contributed by atoms with Crippen LogP contribution >= 0.6 is 0 Å². The number of ether oxygens (including phenoxy) is 2. The minimum atomic E-state index is -3.55. The zero-order chi connectivity index (χ0) is 24.1. The molecular formula is C25H33N3O5S. The van der Waals surface area contributed by atoms with Gasteiger partial charge in [-0.1, -0.05) is 6.07 Å². The molecule has 9 heteroatoms. The molecule has 0 radical (unpaired) electrons. The predicted octanol–water partition coefficient (Wildman–Crippen LogP) is 2.62. The van der Waals surface area contributed by atoms with Crippen LogP contribution < -0.4 is 9.47 Å². The maximum Gasteiger partial charge on any atom is 0.254 e. The van der Waals surface area contributed by atoms with Gasteiger partial charge >= 0.3 is 0 Å². The molecule has 0 aliphatic carbocycles. The van der Waals surface area contributed by atoms with Crippen LogP contribution in [-0.2, 0) is 10.0 Å². The zero-order valence-electron chi connectivity index (χ0n) is 19.9. The molecule has 0 unspecified atom stereocenters. The Balaban J connectivity index is 1.31. The quantitative estimate of drug-likeness (QED) is 0.570. The Morgan fingerprint density at radius 3 is 2.21 bits per heavy atom. The topological polar surface area (TPSA) is 79.4 Å². The summed E-state index contributed by atoms with van der Waals surface area (Å²) in [5.74, 6) is 1.49. The van der Waals surface area contributed by atoms with Crippen LogP contribution in [0.15, 0.2) is 47.4 Å². The Labute approximate surface area is 202 Å². The van der Waals surface area contributed by atoms with Gasteiger partial charge in [0.1, 0.15) is 18.1 Å². The van der Waals surface area contributed by atoms with Crippen molar-refractivity contribution in [1.82, 2.24) is 14.1 Å². The lowest BCUT2D eigenvalue weighted by atomic mass is 10.1. The summed E-state index contributed by atoms with van der Waals surface area (Å²) in [4.78, 5) is 17.5. The number of sulfonamides is 1. The van der Waals surface area contributed by atoms with Gasteiger partial charge in [0.05, 0.1) is 12.0 Å². The second kappa shape index (κ2) is 10.8. The van der Waals surface area contributed by atoms with E-state index in [0.717, 1.165) is 49.5 Å². The highest BCUT2D eigenvalue weighted by molar-refractivity contribution is 7.89. The molecule has 34 heavy (non-hydrogen) atoms. The fraction of sp³-hybridized carbons (Fsp3) is 0.480.